The average Bonchev–Trinajstić information content (AvgIpc) is 3.43. The van der Waals surface area contributed by atoms with Gasteiger partial charge in [-0.15, -0.1) is 0 Å². The van der Waals surface area contributed by atoms with Crippen LogP contribution in [0.5, 0.6) is 0 Å². The molecule has 2 saturated heterocycles. The summed E-state index contributed by atoms with van der Waals surface area (Å²) >= 11 is 0. The van der Waals surface area contributed by atoms with Crippen molar-refractivity contribution in [2.75, 3.05) is 41.3 Å². The fourth-order valence-electron chi connectivity index (χ4n) is 5.19. The largest absolute Gasteiger partial charge is 0.437 e. The highest BCUT2D eigenvalue weighted by Gasteiger charge is 2.41. The number of rotatable bonds is 7. The van der Waals surface area contributed by atoms with Gasteiger partial charge in [0.05, 0.1) is 0 Å². The molecule has 4 heterocycles. The Kier molecular flexibility index (Phi) is 8.46. The number of oxazole rings is 1. The molecule has 0 radical (unpaired) electrons. The van der Waals surface area contributed by atoms with Crippen LogP contribution in [0.3, 0.4) is 0 Å². The zero-order valence-corrected chi connectivity index (χ0v) is 22.8. The first-order valence-corrected chi connectivity index (χ1v) is 13.9. The number of aromatic nitrogens is 2. The lowest BCUT2D eigenvalue weighted by atomic mass is 10.0. The van der Waals surface area contributed by atoms with Gasteiger partial charge in [0.1, 0.15) is 5.82 Å². The molecule has 0 saturated carbocycles. The number of urea groups is 1. The number of alkyl halides is 3. The highest BCUT2D eigenvalue weighted by Crippen LogP contribution is 2.35. The number of aryl methyl sites for hydroxylation is 1. The molecule has 0 atom stereocenters. The number of hydrogen-bond donors (Lipinski definition) is 2. The molecule has 218 valence electrons. The summed E-state index contributed by atoms with van der Waals surface area (Å²) in [5, 5.41) is 5.90. The maximum absolute atomic E-state index is 13.7. The lowest BCUT2D eigenvalue weighted by Gasteiger charge is -2.33. The lowest BCUT2D eigenvalue weighted by molar-refractivity contribution is -0.141. The molecule has 0 unspecified atom stereocenters. The van der Waals surface area contributed by atoms with Crippen LogP contribution in [0.2, 0.25) is 0 Å². The summed E-state index contributed by atoms with van der Waals surface area (Å²) < 4.78 is 46.4. The molecule has 2 fully saturated rings. The second-order valence-electron chi connectivity index (χ2n) is 10.5. The SMILES string of the molecule is Cc1ccccc1NC(=O)NC1CCN(c2ccc(CC(=O)c3oc(N4CCCCC4)nc3C(F)(F)F)cn2)CC1. The minimum absolute atomic E-state index is 0.0201. The third-order valence-electron chi connectivity index (χ3n) is 7.49. The first-order chi connectivity index (χ1) is 19.7. The van der Waals surface area contributed by atoms with E-state index in [0.717, 1.165) is 43.4 Å². The molecule has 0 spiro atoms. The monoisotopic (exact) mass is 570 g/mol. The van der Waals surface area contributed by atoms with Gasteiger partial charge >= 0.3 is 12.2 Å². The number of nitrogens with zero attached hydrogens (tertiary/aromatic N) is 4. The third kappa shape index (κ3) is 6.98. The average molecular weight is 571 g/mol. The van der Waals surface area contributed by atoms with Gasteiger partial charge in [-0.25, -0.2) is 9.78 Å². The van der Waals surface area contributed by atoms with Crippen molar-refractivity contribution in [3.63, 3.8) is 0 Å². The number of ketones is 1. The van der Waals surface area contributed by atoms with Crippen molar-refractivity contribution in [3.8, 4) is 0 Å². The number of Topliss-reactive ketones (excluding diaryl/α,β-unsaturated/α-hetero) is 1. The number of carbonyl (C=O) groups excluding carboxylic acids is 2. The van der Waals surface area contributed by atoms with Crippen LogP contribution >= 0.6 is 0 Å². The van der Waals surface area contributed by atoms with Crippen LogP contribution in [-0.2, 0) is 12.6 Å². The molecule has 2 amide bonds. The highest BCUT2D eigenvalue weighted by atomic mass is 19.4. The zero-order valence-electron chi connectivity index (χ0n) is 22.8. The molecule has 2 aliphatic rings. The number of nitrogens with one attached hydrogen (secondary N) is 2. The van der Waals surface area contributed by atoms with Gasteiger partial charge in [-0.2, -0.15) is 18.2 Å². The van der Waals surface area contributed by atoms with E-state index in [4.69, 9.17) is 4.42 Å². The van der Waals surface area contributed by atoms with Gasteiger partial charge in [0.25, 0.3) is 6.01 Å². The van der Waals surface area contributed by atoms with Crippen LogP contribution in [0, 0.1) is 6.92 Å². The van der Waals surface area contributed by atoms with Gasteiger partial charge in [0, 0.05) is 50.5 Å². The molecule has 1 aromatic carbocycles. The second-order valence-corrected chi connectivity index (χ2v) is 10.5. The molecule has 2 aliphatic heterocycles. The third-order valence-corrected chi connectivity index (χ3v) is 7.49. The van der Waals surface area contributed by atoms with E-state index in [1.54, 1.807) is 17.0 Å². The summed E-state index contributed by atoms with van der Waals surface area (Å²) in [6.45, 7) is 4.37. The number of amides is 2. The molecular weight excluding hydrogens is 537 g/mol. The van der Waals surface area contributed by atoms with Crippen molar-refractivity contribution in [1.82, 2.24) is 15.3 Å². The van der Waals surface area contributed by atoms with Crippen molar-refractivity contribution in [2.45, 2.75) is 57.7 Å². The number of para-hydroxylation sites is 1. The Morgan fingerprint density at radius 1 is 1.00 bits per heavy atom. The maximum atomic E-state index is 13.7. The Bertz CT molecular complexity index is 1360. The Hall–Kier alpha value is -4.09. The zero-order chi connectivity index (χ0) is 29.0. The van der Waals surface area contributed by atoms with Crippen molar-refractivity contribution < 1.29 is 27.2 Å². The number of halogens is 3. The van der Waals surface area contributed by atoms with Gasteiger partial charge in [0.15, 0.2) is 5.69 Å². The maximum Gasteiger partial charge on any atom is 0.437 e. The quantitative estimate of drug-likeness (QED) is 0.356. The van der Waals surface area contributed by atoms with Crippen molar-refractivity contribution in [3.05, 3.63) is 65.2 Å². The van der Waals surface area contributed by atoms with Gasteiger partial charge in [-0.3, -0.25) is 4.79 Å². The molecule has 0 aliphatic carbocycles. The second kappa shape index (κ2) is 12.2. The van der Waals surface area contributed by atoms with E-state index in [1.807, 2.05) is 31.2 Å². The van der Waals surface area contributed by atoms with Crippen LogP contribution in [0.1, 0.15) is 59.5 Å². The number of carbonyl (C=O) groups is 2. The van der Waals surface area contributed by atoms with Crippen molar-refractivity contribution >= 4 is 29.3 Å². The summed E-state index contributed by atoms with van der Waals surface area (Å²) in [5.41, 5.74) is 0.951. The lowest BCUT2D eigenvalue weighted by Crippen LogP contribution is -2.46. The Labute approximate surface area is 236 Å². The van der Waals surface area contributed by atoms with E-state index in [0.29, 0.717) is 37.6 Å². The van der Waals surface area contributed by atoms with E-state index in [-0.39, 0.29) is 24.5 Å². The Morgan fingerprint density at radius 2 is 1.73 bits per heavy atom. The molecule has 5 rings (SSSR count). The van der Waals surface area contributed by atoms with Crippen LogP contribution in [0.4, 0.5) is 35.5 Å². The summed E-state index contributed by atoms with van der Waals surface area (Å²) in [5.74, 6) is -0.853. The van der Waals surface area contributed by atoms with E-state index in [9.17, 15) is 22.8 Å². The topological polar surface area (TPSA) is 104 Å². The van der Waals surface area contributed by atoms with Gasteiger partial charge in [-0.1, -0.05) is 24.3 Å². The predicted octanol–water partition coefficient (Wildman–Crippen LogP) is 5.60. The van der Waals surface area contributed by atoms with E-state index in [2.05, 4.69) is 25.5 Å². The fourth-order valence-corrected chi connectivity index (χ4v) is 5.19. The Balaban J connectivity index is 1.16. The predicted molar refractivity (Wildman–Crippen MR) is 148 cm³/mol. The number of benzene rings is 1. The number of pyridine rings is 1. The smallest absolute Gasteiger partial charge is 0.420 e. The molecule has 2 N–H and O–H groups in total. The minimum Gasteiger partial charge on any atom is -0.420 e. The summed E-state index contributed by atoms with van der Waals surface area (Å²) in [6.07, 6.45) is 0.550. The molecule has 9 nitrogen and oxygen atoms in total. The summed E-state index contributed by atoms with van der Waals surface area (Å²) in [6, 6.07) is 10.6. The fraction of sp³-hybridized carbons (Fsp3) is 0.448. The van der Waals surface area contributed by atoms with Crippen LogP contribution in [0.15, 0.2) is 47.0 Å². The number of piperidine rings is 2. The van der Waals surface area contributed by atoms with Gasteiger partial charge in [-0.05, 0) is 62.3 Å². The van der Waals surface area contributed by atoms with Crippen LogP contribution in [0.25, 0.3) is 0 Å². The summed E-state index contributed by atoms with van der Waals surface area (Å²) in [4.78, 5) is 37.1. The molecule has 12 heteroatoms. The minimum atomic E-state index is -4.80. The van der Waals surface area contributed by atoms with E-state index >= 15 is 0 Å². The molecule has 2 aromatic heterocycles. The first-order valence-electron chi connectivity index (χ1n) is 13.9. The van der Waals surface area contributed by atoms with Crippen LogP contribution < -0.4 is 20.4 Å². The normalized spacial score (nSPS) is 16.5. The highest BCUT2D eigenvalue weighted by molar-refractivity contribution is 5.96. The van der Waals surface area contributed by atoms with E-state index < -0.39 is 23.4 Å². The summed E-state index contributed by atoms with van der Waals surface area (Å²) in [7, 11) is 0. The van der Waals surface area contributed by atoms with Gasteiger partial charge in [0.2, 0.25) is 11.5 Å². The Morgan fingerprint density at radius 3 is 2.39 bits per heavy atom. The number of hydrogen-bond acceptors (Lipinski definition) is 7. The first kappa shape index (κ1) is 28.4. The van der Waals surface area contributed by atoms with Crippen molar-refractivity contribution in [1.29, 1.82) is 0 Å². The van der Waals surface area contributed by atoms with Gasteiger partial charge < -0.3 is 24.9 Å². The number of anilines is 3. The molecular formula is C29H33F3N6O3. The molecule has 3 aromatic rings. The van der Waals surface area contributed by atoms with Crippen LogP contribution in [-0.4, -0.2) is 54.0 Å². The molecule has 41 heavy (non-hydrogen) atoms. The van der Waals surface area contributed by atoms with Crippen molar-refractivity contribution in [2.24, 2.45) is 0 Å². The standard InChI is InChI=1S/C29H33F3N6O3/c1-19-7-3-4-8-22(19)35-27(40)34-21-11-15-37(16-12-21)24-10-9-20(18-33-24)17-23(39)25-26(29(30,31)32)36-28(41-25)38-13-5-2-6-14-38/h3-4,7-10,18,21H,2,5-6,11-17H2,1H3,(H2,34,35,40). The van der Waals surface area contributed by atoms with E-state index in [1.165, 1.54) is 6.20 Å². The molecule has 0 bridgehead atoms.